The zero-order chi connectivity index (χ0) is 9.97. The standard InChI is InChI=1S/C12H16N2/c1-9-3-5-11(6-4-9)12-13-7-10(2)8-14-12/h3-6,10H,7-8H2,1-2H3,(H,13,14). The molecular weight excluding hydrogens is 172 g/mol. The topological polar surface area (TPSA) is 24.4 Å². The second-order valence-corrected chi connectivity index (χ2v) is 4.04. The minimum Gasteiger partial charge on any atom is -0.370 e. The number of nitrogens with zero attached hydrogens (tertiary/aromatic N) is 1. The number of aryl methyl sites for hydroxylation is 1. The highest BCUT2D eigenvalue weighted by Gasteiger charge is 2.11. The number of rotatable bonds is 1. The molecule has 1 aromatic rings. The van der Waals surface area contributed by atoms with Gasteiger partial charge in [0.15, 0.2) is 0 Å². The molecule has 1 heterocycles. The average Bonchev–Trinajstić information content (AvgIpc) is 2.21. The van der Waals surface area contributed by atoms with Crippen molar-refractivity contribution in [2.24, 2.45) is 10.9 Å². The fraction of sp³-hybridized carbons (Fsp3) is 0.417. The van der Waals surface area contributed by atoms with Crippen LogP contribution in [-0.2, 0) is 0 Å². The van der Waals surface area contributed by atoms with Crippen LogP contribution in [0.25, 0.3) is 0 Å². The molecule has 0 aromatic heterocycles. The van der Waals surface area contributed by atoms with Crippen LogP contribution < -0.4 is 5.32 Å². The van der Waals surface area contributed by atoms with E-state index in [0.29, 0.717) is 5.92 Å². The molecular formula is C12H16N2. The molecule has 0 saturated carbocycles. The summed E-state index contributed by atoms with van der Waals surface area (Å²) in [5, 5.41) is 3.35. The molecule has 2 rings (SSSR count). The Kier molecular flexibility index (Phi) is 2.53. The van der Waals surface area contributed by atoms with E-state index < -0.39 is 0 Å². The summed E-state index contributed by atoms with van der Waals surface area (Å²) in [6.07, 6.45) is 0. The van der Waals surface area contributed by atoms with Crippen molar-refractivity contribution < 1.29 is 0 Å². The third kappa shape index (κ3) is 1.95. The van der Waals surface area contributed by atoms with Crippen LogP contribution in [0, 0.1) is 12.8 Å². The molecule has 0 fully saturated rings. The van der Waals surface area contributed by atoms with E-state index in [0.717, 1.165) is 18.9 Å². The quantitative estimate of drug-likeness (QED) is 0.716. The zero-order valence-corrected chi connectivity index (χ0v) is 8.75. The van der Waals surface area contributed by atoms with Crippen LogP contribution in [0.1, 0.15) is 18.1 Å². The summed E-state index contributed by atoms with van der Waals surface area (Å²) in [4.78, 5) is 4.52. The number of aliphatic imine (C=N–C) groups is 1. The minimum atomic E-state index is 0.657. The van der Waals surface area contributed by atoms with Gasteiger partial charge >= 0.3 is 0 Å². The van der Waals surface area contributed by atoms with Crippen molar-refractivity contribution >= 4 is 5.84 Å². The van der Waals surface area contributed by atoms with Gasteiger partial charge in [0.2, 0.25) is 0 Å². The molecule has 0 amide bonds. The summed E-state index contributed by atoms with van der Waals surface area (Å²) in [5.41, 5.74) is 2.49. The third-order valence-corrected chi connectivity index (χ3v) is 2.50. The summed E-state index contributed by atoms with van der Waals surface area (Å²) < 4.78 is 0. The van der Waals surface area contributed by atoms with Crippen molar-refractivity contribution in [2.45, 2.75) is 13.8 Å². The molecule has 74 valence electrons. The Hall–Kier alpha value is -1.31. The highest BCUT2D eigenvalue weighted by Crippen LogP contribution is 2.07. The Morgan fingerprint density at radius 3 is 2.57 bits per heavy atom. The lowest BCUT2D eigenvalue weighted by molar-refractivity contribution is 0.554. The van der Waals surface area contributed by atoms with Crippen LogP contribution in [-0.4, -0.2) is 18.9 Å². The van der Waals surface area contributed by atoms with Gasteiger partial charge < -0.3 is 5.32 Å². The summed E-state index contributed by atoms with van der Waals surface area (Å²) in [6, 6.07) is 8.49. The van der Waals surface area contributed by atoms with Gasteiger partial charge in [-0.25, -0.2) is 0 Å². The molecule has 1 N–H and O–H groups in total. The van der Waals surface area contributed by atoms with Crippen LogP contribution in [0.3, 0.4) is 0 Å². The van der Waals surface area contributed by atoms with Crippen LogP contribution >= 0.6 is 0 Å². The first kappa shape index (κ1) is 9.25. The lowest BCUT2D eigenvalue weighted by atomic mass is 10.1. The van der Waals surface area contributed by atoms with E-state index in [9.17, 15) is 0 Å². The molecule has 1 aliphatic heterocycles. The number of hydrogen-bond donors (Lipinski definition) is 1. The van der Waals surface area contributed by atoms with Crippen molar-refractivity contribution in [1.82, 2.24) is 5.32 Å². The van der Waals surface area contributed by atoms with E-state index in [1.54, 1.807) is 0 Å². The first-order chi connectivity index (χ1) is 6.75. The average molecular weight is 188 g/mol. The fourth-order valence-electron chi connectivity index (χ4n) is 1.54. The van der Waals surface area contributed by atoms with Gasteiger partial charge in [-0.15, -0.1) is 0 Å². The monoisotopic (exact) mass is 188 g/mol. The van der Waals surface area contributed by atoms with E-state index in [4.69, 9.17) is 0 Å². The third-order valence-electron chi connectivity index (χ3n) is 2.50. The van der Waals surface area contributed by atoms with Gasteiger partial charge in [0.1, 0.15) is 5.84 Å². The van der Waals surface area contributed by atoms with Crippen LogP contribution in [0.5, 0.6) is 0 Å². The molecule has 2 heteroatoms. The minimum absolute atomic E-state index is 0.657. The molecule has 1 unspecified atom stereocenters. The second kappa shape index (κ2) is 3.82. The molecule has 1 atom stereocenters. The first-order valence-electron chi connectivity index (χ1n) is 5.11. The lowest BCUT2D eigenvalue weighted by Gasteiger charge is -2.19. The molecule has 1 aliphatic rings. The highest BCUT2D eigenvalue weighted by atomic mass is 15.0. The van der Waals surface area contributed by atoms with Crippen LogP contribution in [0.15, 0.2) is 29.3 Å². The van der Waals surface area contributed by atoms with Gasteiger partial charge in [0.05, 0.1) is 0 Å². The van der Waals surface area contributed by atoms with Gasteiger partial charge in [-0.1, -0.05) is 36.8 Å². The summed E-state index contributed by atoms with van der Waals surface area (Å²) in [6.45, 7) is 6.29. The predicted octanol–water partition coefficient (Wildman–Crippen LogP) is 1.98. The van der Waals surface area contributed by atoms with Gasteiger partial charge in [-0.05, 0) is 12.8 Å². The molecule has 14 heavy (non-hydrogen) atoms. The van der Waals surface area contributed by atoms with E-state index in [2.05, 4.69) is 48.4 Å². The molecule has 1 aromatic carbocycles. The maximum absolute atomic E-state index is 4.52. The molecule has 0 saturated heterocycles. The molecule has 2 nitrogen and oxygen atoms in total. The Morgan fingerprint density at radius 1 is 1.29 bits per heavy atom. The fourth-order valence-corrected chi connectivity index (χ4v) is 1.54. The van der Waals surface area contributed by atoms with Crippen LogP contribution in [0.4, 0.5) is 0 Å². The van der Waals surface area contributed by atoms with E-state index in [1.165, 1.54) is 11.1 Å². The summed E-state index contributed by atoms with van der Waals surface area (Å²) in [7, 11) is 0. The Bertz CT molecular complexity index is 338. The number of amidine groups is 1. The lowest BCUT2D eigenvalue weighted by Crippen LogP contribution is -2.35. The zero-order valence-electron chi connectivity index (χ0n) is 8.75. The Morgan fingerprint density at radius 2 is 2.00 bits per heavy atom. The SMILES string of the molecule is Cc1ccc(C2=NCC(C)CN2)cc1. The highest BCUT2D eigenvalue weighted by molar-refractivity contribution is 5.99. The summed E-state index contributed by atoms with van der Waals surface area (Å²) >= 11 is 0. The van der Waals surface area contributed by atoms with Crippen molar-refractivity contribution in [1.29, 1.82) is 0 Å². The first-order valence-corrected chi connectivity index (χ1v) is 5.11. The number of hydrogen-bond acceptors (Lipinski definition) is 2. The number of benzene rings is 1. The van der Waals surface area contributed by atoms with Crippen molar-refractivity contribution in [3.63, 3.8) is 0 Å². The van der Waals surface area contributed by atoms with E-state index in [-0.39, 0.29) is 0 Å². The largest absolute Gasteiger partial charge is 0.370 e. The van der Waals surface area contributed by atoms with Gasteiger partial charge in [0, 0.05) is 18.7 Å². The summed E-state index contributed by atoms with van der Waals surface area (Å²) in [5.74, 6) is 1.70. The van der Waals surface area contributed by atoms with Crippen molar-refractivity contribution in [2.75, 3.05) is 13.1 Å². The van der Waals surface area contributed by atoms with Gasteiger partial charge in [0.25, 0.3) is 0 Å². The van der Waals surface area contributed by atoms with E-state index in [1.807, 2.05) is 0 Å². The molecule has 0 bridgehead atoms. The van der Waals surface area contributed by atoms with Gasteiger partial charge in [-0.2, -0.15) is 0 Å². The van der Waals surface area contributed by atoms with Gasteiger partial charge in [-0.3, -0.25) is 4.99 Å². The normalized spacial score (nSPS) is 21.3. The Labute approximate surface area is 85.1 Å². The van der Waals surface area contributed by atoms with Crippen molar-refractivity contribution in [3.05, 3.63) is 35.4 Å². The Balaban J connectivity index is 2.19. The maximum Gasteiger partial charge on any atom is 0.128 e. The number of nitrogens with one attached hydrogen (secondary N) is 1. The second-order valence-electron chi connectivity index (χ2n) is 4.04. The molecule has 0 radical (unpaired) electrons. The van der Waals surface area contributed by atoms with Crippen molar-refractivity contribution in [3.8, 4) is 0 Å². The predicted molar refractivity (Wildman–Crippen MR) is 59.7 cm³/mol. The van der Waals surface area contributed by atoms with Crippen LogP contribution in [0.2, 0.25) is 0 Å². The van der Waals surface area contributed by atoms with E-state index >= 15 is 0 Å². The maximum atomic E-state index is 4.52. The molecule has 0 spiro atoms. The smallest absolute Gasteiger partial charge is 0.128 e. The molecule has 0 aliphatic carbocycles.